The first-order chi connectivity index (χ1) is 61.4. The standard InChI is InChI=1S/C28H22N4.C27H24N4O.C26H21FN4.C26H22N4/c1-20-6-5-9-23(16-20)25-12-10-21(17-24(25)18-29)11-13-26-28-31-19-27(32(28)15-14-30-26)22-7-3-2-4-8-22;1-19-15-20(17-29-26(19)22-9-6-10-23(16-22)32-2)11-12-24-27-30-18-25(31(27)14-13-28-24)21-7-4-3-5-8-21;1-18-6-5-9-21(14-18)25-22(27)15-19(16-29-25)10-11-23-26-30-17-24(31(26)13-12-28-23)20-7-3-2-4-8-20;1-19-6-5-9-22(16-19)23-12-10-20(17-28-23)11-13-24-26-29-18-25(30(26)15-14-27-24)21-7-3-2-4-8-21/h2-10,12,14-17,19H,11,13H2,1H3;3-10,13-18H,11-12H2,1-2H3;2-9,12-17H,10-11H2,1H3;2-10,12,14-18H,11,13H2,1H3. The van der Waals surface area contributed by atoms with Crippen LogP contribution < -0.4 is 4.74 Å². The van der Waals surface area contributed by atoms with Crippen LogP contribution >= 0.6 is 0 Å². The lowest BCUT2D eigenvalue weighted by atomic mass is 9.95. The van der Waals surface area contributed by atoms with Gasteiger partial charge in [-0.05, 0) is 160 Å². The number of ether oxygens (including phenoxy) is 1. The number of hydrogen-bond acceptors (Lipinski definition) is 13. The Morgan fingerprint density at radius 3 is 1.09 bits per heavy atom. The van der Waals surface area contributed by atoms with Gasteiger partial charge in [0, 0.05) is 107 Å². The molecule has 0 fully saturated rings. The van der Waals surface area contributed by atoms with Gasteiger partial charge < -0.3 is 4.74 Å². The van der Waals surface area contributed by atoms with Crippen LogP contribution in [0.5, 0.6) is 5.75 Å². The van der Waals surface area contributed by atoms with E-state index < -0.39 is 0 Å². The first-order valence-corrected chi connectivity index (χ1v) is 41.8. The van der Waals surface area contributed by atoms with Crippen molar-refractivity contribution in [2.45, 2.75) is 79.1 Å². The van der Waals surface area contributed by atoms with Crippen LogP contribution in [0.15, 0.2) is 354 Å². The molecule has 0 aliphatic carbocycles. The summed E-state index contributed by atoms with van der Waals surface area (Å²) in [6.07, 6.45) is 34.7. The van der Waals surface area contributed by atoms with E-state index in [4.69, 9.17) is 9.72 Å². The molecule has 11 heterocycles. The molecule has 0 atom stereocenters. The minimum atomic E-state index is -0.304. The number of halogens is 1. The van der Waals surface area contributed by atoms with Crippen molar-refractivity contribution in [3.8, 4) is 102 Å². The fourth-order valence-electron chi connectivity index (χ4n) is 15.9. The number of imidazole rings is 4. The molecule has 0 unspecified atom stereocenters. The monoisotopic (exact) mass is 1630 g/mol. The van der Waals surface area contributed by atoms with E-state index in [0.29, 0.717) is 24.1 Å². The second-order valence-corrected chi connectivity index (χ2v) is 30.9. The maximum atomic E-state index is 14.7. The van der Waals surface area contributed by atoms with Crippen LogP contribution in [0.2, 0.25) is 0 Å². The molecule has 0 spiro atoms. The zero-order valence-corrected chi connectivity index (χ0v) is 70.1. The second kappa shape index (κ2) is 38.2. The molecule has 18 heteroatoms. The maximum Gasteiger partial charge on any atom is 0.159 e. The van der Waals surface area contributed by atoms with Gasteiger partial charge in [0.1, 0.15) is 17.3 Å². The first kappa shape index (κ1) is 81.5. The molecule has 20 aromatic rings. The van der Waals surface area contributed by atoms with Gasteiger partial charge in [-0.25, -0.2) is 24.3 Å². The number of nitrogens with zero attached hydrogens (tertiary/aromatic N) is 16. The largest absolute Gasteiger partial charge is 0.497 e. The Morgan fingerprint density at radius 2 is 0.672 bits per heavy atom. The van der Waals surface area contributed by atoms with Gasteiger partial charge in [-0.15, -0.1) is 0 Å². The van der Waals surface area contributed by atoms with Gasteiger partial charge in [-0.3, -0.25) is 52.5 Å². The molecule has 20 rings (SSSR count). The van der Waals surface area contributed by atoms with E-state index >= 15 is 0 Å². The van der Waals surface area contributed by atoms with Crippen LogP contribution in [0.3, 0.4) is 0 Å². The third kappa shape index (κ3) is 19.0. The quantitative estimate of drug-likeness (QED) is 0.0660. The Morgan fingerprint density at radius 1 is 0.304 bits per heavy atom. The Bertz CT molecular complexity index is 7180. The second-order valence-electron chi connectivity index (χ2n) is 30.9. The zero-order valence-electron chi connectivity index (χ0n) is 70.1. The Hall–Kier alpha value is -15.9. The average molecular weight is 1630 g/mol. The van der Waals surface area contributed by atoms with Crippen molar-refractivity contribution in [3.05, 3.63) is 432 Å². The summed E-state index contributed by atoms with van der Waals surface area (Å²) in [5.74, 6) is 0.531. The minimum Gasteiger partial charge on any atom is -0.497 e. The molecule has 0 N–H and O–H groups in total. The summed E-state index contributed by atoms with van der Waals surface area (Å²) in [6.45, 7) is 8.26. The number of aryl methyl sites for hydroxylation is 12. The van der Waals surface area contributed by atoms with Crippen molar-refractivity contribution in [2.24, 2.45) is 0 Å². The molecule has 0 saturated heterocycles. The summed E-state index contributed by atoms with van der Waals surface area (Å²) in [6, 6.07) is 90.0. The van der Waals surface area contributed by atoms with Crippen LogP contribution in [0.1, 0.15) is 72.8 Å². The molecular weight excluding hydrogens is 1540 g/mol. The van der Waals surface area contributed by atoms with Gasteiger partial charge in [-0.1, -0.05) is 235 Å². The van der Waals surface area contributed by atoms with E-state index in [9.17, 15) is 9.65 Å². The highest BCUT2D eigenvalue weighted by atomic mass is 19.1. The fourth-order valence-corrected chi connectivity index (χ4v) is 15.9. The van der Waals surface area contributed by atoms with E-state index in [-0.39, 0.29) is 5.82 Å². The van der Waals surface area contributed by atoms with E-state index in [1.807, 2.05) is 215 Å². The SMILES string of the molecule is COc1cccc(-c2ncc(CCc3nccn4c(-c5ccccc5)cnc34)cc2C)c1.Cc1cccc(-c2ccc(CCc3nccn4c(-c5ccccc5)cnc34)cc2C#N)c1.Cc1cccc(-c2ccc(CCc3nccn4c(-c5ccccc5)cnc34)cn2)c1.Cc1cccc(-c2ncc(CCc3nccn4c(-c5ccccc5)cnc34)cc2F)c1. The Kier molecular flexibility index (Phi) is 24.9. The molecule has 17 nitrogen and oxygen atoms in total. The van der Waals surface area contributed by atoms with E-state index in [0.717, 1.165) is 196 Å². The van der Waals surface area contributed by atoms with Crippen LogP contribution in [0.25, 0.3) is 113 Å². The van der Waals surface area contributed by atoms with Crippen molar-refractivity contribution >= 4 is 22.6 Å². The molecule has 125 heavy (non-hydrogen) atoms. The number of benzene rings is 9. The number of aromatic nitrogens is 15. The Balaban J connectivity index is 0.000000118. The van der Waals surface area contributed by atoms with Gasteiger partial charge in [0.2, 0.25) is 0 Å². The van der Waals surface area contributed by atoms with Gasteiger partial charge in [0.25, 0.3) is 0 Å². The van der Waals surface area contributed by atoms with Gasteiger partial charge >= 0.3 is 0 Å². The van der Waals surface area contributed by atoms with Crippen molar-refractivity contribution < 1.29 is 9.13 Å². The number of methoxy groups -OCH3 is 1. The van der Waals surface area contributed by atoms with Crippen molar-refractivity contribution in [2.75, 3.05) is 7.11 Å². The predicted molar refractivity (Wildman–Crippen MR) is 494 cm³/mol. The number of hydrogen-bond donors (Lipinski definition) is 0. The maximum absolute atomic E-state index is 14.7. The minimum absolute atomic E-state index is 0.304. The fraction of sp³-hybridized carbons (Fsp3) is 0.121. The topological polar surface area (TPSA) is 192 Å². The lowest BCUT2D eigenvalue weighted by Crippen LogP contribution is -2.01. The van der Waals surface area contributed by atoms with Gasteiger partial charge in [0.15, 0.2) is 22.6 Å². The summed E-state index contributed by atoms with van der Waals surface area (Å²) in [7, 11) is 1.68. The molecule has 9 aromatic carbocycles. The van der Waals surface area contributed by atoms with Crippen molar-refractivity contribution in [1.29, 1.82) is 5.26 Å². The highest BCUT2D eigenvalue weighted by molar-refractivity contribution is 5.73. The number of fused-ring (bicyclic) bond motifs is 4. The Labute approximate surface area is 725 Å². The number of rotatable bonds is 21. The highest BCUT2D eigenvalue weighted by Gasteiger charge is 2.19. The molecular formula is C107H89FN16O. The summed E-state index contributed by atoms with van der Waals surface area (Å²) in [4.78, 5) is 50.7. The molecule has 0 aliphatic heterocycles. The molecule has 0 saturated carbocycles. The van der Waals surface area contributed by atoms with Crippen LogP contribution in [0, 0.1) is 44.8 Å². The van der Waals surface area contributed by atoms with Crippen molar-refractivity contribution in [1.82, 2.24) is 72.4 Å². The van der Waals surface area contributed by atoms with Gasteiger partial charge in [0.05, 0.1) is 100 Å². The molecule has 0 radical (unpaired) electrons. The molecule has 0 amide bonds. The van der Waals surface area contributed by atoms with Crippen molar-refractivity contribution in [3.63, 3.8) is 0 Å². The average Bonchev–Trinajstić information content (AvgIpc) is 1.67. The zero-order chi connectivity index (χ0) is 85.4. The lowest BCUT2D eigenvalue weighted by Gasteiger charge is -2.10. The van der Waals surface area contributed by atoms with E-state index in [1.54, 1.807) is 25.6 Å². The first-order valence-electron chi connectivity index (χ1n) is 41.8. The summed E-state index contributed by atoms with van der Waals surface area (Å²) in [5.41, 5.74) is 33.2. The summed E-state index contributed by atoms with van der Waals surface area (Å²) < 4.78 is 28.5. The molecule has 11 aromatic heterocycles. The predicted octanol–water partition coefficient (Wildman–Crippen LogP) is 22.8. The number of pyridine rings is 3. The third-order valence-electron chi connectivity index (χ3n) is 22.2. The van der Waals surface area contributed by atoms with Crippen LogP contribution in [-0.4, -0.2) is 79.5 Å². The lowest BCUT2D eigenvalue weighted by molar-refractivity contribution is 0.415. The highest BCUT2D eigenvalue weighted by Crippen LogP contribution is 2.33. The normalized spacial score (nSPS) is 11.0. The van der Waals surface area contributed by atoms with Crippen LogP contribution in [0.4, 0.5) is 4.39 Å². The summed E-state index contributed by atoms with van der Waals surface area (Å²) in [5, 5.41) is 9.74. The molecule has 610 valence electrons. The molecule has 0 bridgehead atoms. The number of nitriles is 1. The smallest absolute Gasteiger partial charge is 0.159 e. The van der Waals surface area contributed by atoms with E-state index in [1.165, 1.54) is 22.3 Å². The van der Waals surface area contributed by atoms with E-state index in [2.05, 4.69) is 222 Å². The van der Waals surface area contributed by atoms with Gasteiger partial charge in [-0.2, -0.15) is 5.26 Å². The molecule has 0 aliphatic rings. The third-order valence-corrected chi connectivity index (χ3v) is 22.2. The van der Waals surface area contributed by atoms with Crippen LogP contribution in [-0.2, 0) is 51.4 Å². The summed E-state index contributed by atoms with van der Waals surface area (Å²) >= 11 is 0.